The first-order valence-electron chi connectivity index (χ1n) is 6.19. The van der Waals surface area contributed by atoms with Crippen molar-refractivity contribution in [3.63, 3.8) is 0 Å². The molecule has 2 aromatic carbocycles. The number of ether oxygens (including phenoxy) is 2. The Kier molecular flexibility index (Phi) is 4.66. The van der Waals surface area contributed by atoms with Gasteiger partial charge in [0.1, 0.15) is 24.5 Å². The fourth-order valence-corrected chi connectivity index (χ4v) is 1.73. The Morgan fingerprint density at radius 2 is 1.90 bits per heavy atom. The van der Waals surface area contributed by atoms with E-state index in [1.54, 1.807) is 30.3 Å². The van der Waals surface area contributed by atoms with Gasteiger partial charge < -0.3 is 9.47 Å². The number of benzene rings is 2. The maximum Gasteiger partial charge on any atom is 0.340 e. The number of halogens is 1. The molecule has 21 heavy (non-hydrogen) atoms. The average Bonchev–Trinajstić information content (AvgIpc) is 2.52. The molecule has 2 aromatic rings. The summed E-state index contributed by atoms with van der Waals surface area (Å²) in [5.41, 5.74) is 1.02. The van der Waals surface area contributed by atoms with E-state index in [1.165, 1.54) is 19.2 Å². The molecular weight excluding hydrogens is 275 g/mol. The largest absolute Gasteiger partial charge is 0.489 e. The topological polar surface area (TPSA) is 52.6 Å². The fourth-order valence-electron chi connectivity index (χ4n) is 1.73. The van der Waals surface area contributed by atoms with Crippen molar-refractivity contribution in [1.82, 2.24) is 0 Å². The van der Waals surface area contributed by atoms with Crippen LogP contribution in [0.4, 0.5) is 4.39 Å². The van der Waals surface area contributed by atoms with E-state index in [2.05, 4.69) is 4.74 Å². The zero-order valence-electron chi connectivity index (χ0n) is 11.3. The highest BCUT2D eigenvalue weighted by Crippen LogP contribution is 2.16. The Labute approximate surface area is 121 Å². The predicted molar refractivity (Wildman–Crippen MR) is 73.9 cm³/mol. The zero-order valence-corrected chi connectivity index (χ0v) is 11.3. The number of rotatable bonds is 5. The third kappa shape index (κ3) is 3.66. The smallest absolute Gasteiger partial charge is 0.340 e. The molecule has 0 N–H and O–H groups in total. The summed E-state index contributed by atoms with van der Waals surface area (Å²) in [5, 5.41) is 0. The molecule has 0 aromatic heterocycles. The minimum atomic E-state index is -0.718. The van der Waals surface area contributed by atoms with Crippen molar-refractivity contribution in [2.24, 2.45) is 0 Å². The van der Waals surface area contributed by atoms with Gasteiger partial charge in [-0.3, -0.25) is 4.79 Å². The van der Waals surface area contributed by atoms with Gasteiger partial charge in [-0.1, -0.05) is 6.07 Å². The van der Waals surface area contributed by atoms with Crippen molar-refractivity contribution >= 4 is 12.3 Å². The van der Waals surface area contributed by atoms with E-state index in [9.17, 15) is 14.0 Å². The molecule has 0 unspecified atom stereocenters. The van der Waals surface area contributed by atoms with Crippen LogP contribution in [0.2, 0.25) is 0 Å². The van der Waals surface area contributed by atoms with Crippen molar-refractivity contribution < 1.29 is 23.5 Å². The van der Waals surface area contributed by atoms with Crippen LogP contribution >= 0.6 is 0 Å². The van der Waals surface area contributed by atoms with Crippen LogP contribution in [0, 0.1) is 5.82 Å². The van der Waals surface area contributed by atoms with Gasteiger partial charge in [-0.05, 0) is 42.0 Å². The predicted octanol–water partition coefficient (Wildman–Crippen LogP) is 3.00. The number of hydrogen-bond donors (Lipinski definition) is 0. The molecule has 0 fully saturated rings. The molecule has 0 amide bonds. The molecule has 2 rings (SSSR count). The van der Waals surface area contributed by atoms with E-state index in [0.29, 0.717) is 16.9 Å². The van der Waals surface area contributed by atoms with E-state index in [0.717, 1.165) is 6.29 Å². The lowest BCUT2D eigenvalue weighted by molar-refractivity contribution is 0.0595. The highest BCUT2D eigenvalue weighted by Gasteiger charge is 2.12. The van der Waals surface area contributed by atoms with Gasteiger partial charge >= 0.3 is 5.97 Å². The number of carbonyl (C=O) groups excluding carboxylic acids is 2. The molecule has 0 saturated carbocycles. The second-order valence-corrected chi connectivity index (χ2v) is 4.28. The molecule has 0 bridgehead atoms. The Morgan fingerprint density at radius 1 is 1.19 bits per heavy atom. The first-order chi connectivity index (χ1) is 10.1. The SMILES string of the molecule is COC(=O)c1ccc(COc2ccc(C=O)cc2)cc1F. The summed E-state index contributed by atoms with van der Waals surface area (Å²) >= 11 is 0. The van der Waals surface area contributed by atoms with Gasteiger partial charge in [0.25, 0.3) is 0 Å². The molecule has 0 aliphatic rings. The molecule has 0 spiro atoms. The minimum absolute atomic E-state index is 0.114. The van der Waals surface area contributed by atoms with E-state index in [-0.39, 0.29) is 12.2 Å². The third-order valence-corrected chi connectivity index (χ3v) is 2.86. The lowest BCUT2D eigenvalue weighted by Gasteiger charge is -2.08. The summed E-state index contributed by atoms with van der Waals surface area (Å²) in [6.45, 7) is 0.152. The quantitative estimate of drug-likeness (QED) is 0.627. The average molecular weight is 288 g/mol. The molecule has 0 saturated heterocycles. The van der Waals surface area contributed by atoms with Crippen molar-refractivity contribution in [1.29, 1.82) is 0 Å². The molecular formula is C16H13FO4. The molecule has 0 aliphatic heterocycles. The molecule has 0 radical (unpaired) electrons. The lowest BCUT2D eigenvalue weighted by atomic mass is 10.1. The fraction of sp³-hybridized carbons (Fsp3) is 0.125. The van der Waals surface area contributed by atoms with Gasteiger partial charge in [0.2, 0.25) is 0 Å². The minimum Gasteiger partial charge on any atom is -0.489 e. The Balaban J connectivity index is 2.04. The van der Waals surface area contributed by atoms with E-state index >= 15 is 0 Å². The monoisotopic (exact) mass is 288 g/mol. The number of carbonyl (C=O) groups is 2. The summed E-state index contributed by atoms with van der Waals surface area (Å²) in [6, 6.07) is 10.7. The molecule has 0 aliphatic carbocycles. The second-order valence-electron chi connectivity index (χ2n) is 4.28. The van der Waals surface area contributed by atoms with Crippen molar-refractivity contribution in [2.45, 2.75) is 6.61 Å². The van der Waals surface area contributed by atoms with Gasteiger partial charge in [0, 0.05) is 5.56 Å². The van der Waals surface area contributed by atoms with Crippen LogP contribution in [0.1, 0.15) is 26.3 Å². The summed E-state index contributed by atoms with van der Waals surface area (Å²) in [4.78, 5) is 21.8. The highest BCUT2D eigenvalue weighted by atomic mass is 19.1. The molecule has 108 valence electrons. The second kappa shape index (κ2) is 6.65. The third-order valence-electron chi connectivity index (χ3n) is 2.86. The van der Waals surface area contributed by atoms with Gasteiger partial charge in [-0.25, -0.2) is 9.18 Å². The summed E-state index contributed by atoms with van der Waals surface area (Å²) < 4.78 is 23.7. The van der Waals surface area contributed by atoms with Crippen LogP contribution in [0.5, 0.6) is 5.75 Å². The number of aldehydes is 1. The van der Waals surface area contributed by atoms with Crippen LogP contribution in [0.3, 0.4) is 0 Å². The zero-order chi connectivity index (χ0) is 15.2. The first-order valence-corrected chi connectivity index (χ1v) is 6.19. The van der Waals surface area contributed by atoms with Gasteiger partial charge in [-0.15, -0.1) is 0 Å². The molecule has 0 atom stereocenters. The lowest BCUT2D eigenvalue weighted by Crippen LogP contribution is -2.05. The van der Waals surface area contributed by atoms with E-state index < -0.39 is 11.8 Å². The Hall–Kier alpha value is -2.69. The maximum atomic E-state index is 13.7. The van der Waals surface area contributed by atoms with Gasteiger partial charge in [0.05, 0.1) is 12.7 Å². The van der Waals surface area contributed by atoms with E-state index in [1.807, 2.05) is 0 Å². The summed E-state index contributed by atoms with van der Waals surface area (Å²) in [5.74, 6) is -0.804. The van der Waals surface area contributed by atoms with Crippen LogP contribution in [-0.4, -0.2) is 19.4 Å². The maximum absolute atomic E-state index is 13.7. The van der Waals surface area contributed by atoms with Crippen LogP contribution in [-0.2, 0) is 11.3 Å². The van der Waals surface area contributed by atoms with Crippen molar-refractivity contribution in [3.8, 4) is 5.75 Å². The summed E-state index contributed by atoms with van der Waals surface area (Å²) in [6.07, 6.45) is 0.741. The number of methoxy groups -OCH3 is 1. The van der Waals surface area contributed by atoms with Crippen molar-refractivity contribution in [2.75, 3.05) is 7.11 Å². The normalized spacial score (nSPS) is 10.0. The highest BCUT2D eigenvalue weighted by molar-refractivity contribution is 5.89. The number of hydrogen-bond acceptors (Lipinski definition) is 4. The van der Waals surface area contributed by atoms with Crippen LogP contribution < -0.4 is 4.74 Å². The molecule has 4 nitrogen and oxygen atoms in total. The Bertz CT molecular complexity index is 650. The standard InChI is InChI=1S/C16H13FO4/c1-20-16(19)14-7-4-12(8-15(14)17)10-21-13-5-2-11(9-18)3-6-13/h2-9H,10H2,1H3. The van der Waals surface area contributed by atoms with Gasteiger partial charge in [0.15, 0.2) is 0 Å². The van der Waals surface area contributed by atoms with Crippen LogP contribution in [0.15, 0.2) is 42.5 Å². The molecule has 5 heteroatoms. The van der Waals surface area contributed by atoms with Gasteiger partial charge in [-0.2, -0.15) is 0 Å². The molecule has 0 heterocycles. The van der Waals surface area contributed by atoms with Crippen LogP contribution in [0.25, 0.3) is 0 Å². The van der Waals surface area contributed by atoms with Crippen molar-refractivity contribution in [3.05, 3.63) is 65.0 Å². The van der Waals surface area contributed by atoms with E-state index in [4.69, 9.17) is 4.74 Å². The first kappa shape index (κ1) is 14.7. The number of esters is 1. The summed E-state index contributed by atoms with van der Waals surface area (Å²) in [7, 11) is 1.20. The Morgan fingerprint density at radius 3 is 2.48 bits per heavy atom.